The fraction of sp³-hybridized carbons (Fsp3) is 0.234. The molecule has 1 heterocycles. The van der Waals surface area contributed by atoms with E-state index in [1.54, 1.807) is 17.7 Å². The van der Waals surface area contributed by atoms with Crippen LogP contribution in [0, 0.1) is 29.1 Å². The maximum Gasteiger partial charge on any atom is 0.164 e. The molecule has 0 N–H and O–H groups in total. The molecule has 0 spiro atoms. The summed E-state index contributed by atoms with van der Waals surface area (Å²) in [5.41, 5.74) is 7.51. The molecular weight excluding hydrogens is 621 g/mol. The first-order valence-corrected chi connectivity index (χ1v) is 18.3. The van der Waals surface area contributed by atoms with Gasteiger partial charge in [-0.05, 0) is 124 Å². The normalized spacial score (nSPS) is 21.4. The van der Waals surface area contributed by atoms with Gasteiger partial charge in [-0.3, -0.25) is 0 Å². The van der Waals surface area contributed by atoms with Gasteiger partial charge in [0.25, 0.3) is 0 Å². The number of hydrogen-bond acceptors (Lipinski definition) is 4. The highest BCUT2D eigenvalue weighted by Crippen LogP contribution is 2.54. The summed E-state index contributed by atoms with van der Waals surface area (Å²) in [5.74, 6) is 4.31. The van der Waals surface area contributed by atoms with Crippen molar-refractivity contribution in [3.05, 3.63) is 139 Å². The zero-order valence-corrected chi connectivity index (χ0v) is 29.2. The lowest BCUT2D eigenvalue weighted by Gasteiger charge is -2.50. The largest absolute Gasteiger partial charge is 0.208 e. The molecule has 0 saturated heterocycles. The molecule has 2 aliphatic rings. The minimum Gasteiger partial charge on any atom is -0.208 e. The Hall–Kier alpha value is -5.66. The number of rotatable bonds is 5. The number of aromatic nitrogens is 3. The molecule has 2 aliphatic carbocycles. The van der Waals surface area contributed by atoms with E-state index >= 15 is 0 Å². The number of fused-ring (bicyclic) bond motifs is 5. The Balaban J connectivity index is 1.03. The summed E-state index contributed by atoms with van der Waals surface area (Å²) in [5, 5.41) is 14.5. The number of nitriles is 1. The highest BCUT2D eigenvalue weighted by molar-refractivity contribution is 6.08. The summed E-state index contributed by atoms with van der Waals surface area (Å²) >= 11 is 0. The fourth-order valence-electron chi connectivity index (χ4n) is 9.49. The van der Waals surface area contributed by atoms with E-state index in [1.807, 2.05) is 42.5 Å². The molecule has 248 valence electrons. The Morgan fingerprint density at radius 2 is 1.04 bits per heavy atom. The van der Waals surface area contributed by atoms with Crippen molar-refractivity contribution in [2.75, 3.05) is 0 Å². The molecule has 0 radical (unpaired) electrons. The van der Waals surface area contributed by atoms with Crippen molar-refractivity contribution in [3.63, 3.8) is 0 Å². The molecular formula is C47H40N4. The molecule has 51 heavy (non-hydrogen) atoms. The van der Waals surface area contributed by atoms with Crippen LogP contribution in [0.2, 0.25) is 0 Å². The van der Waals surface area contributed by atoms with E-state index in [-0.39, 0.29) is 0 Å². The van der Waals surface area contributed by atoms with E-state index in [0.717, 1.165) is 40.0 Å². The highest BCUT2D eigenvalue weighted by atomic mass is 15.0. The molecule has 2 fully saturated rings. The summed E-state index contributed by atoms with van der Waals surface area (Å²) in [7, 11) is 0. The van der Waals surface area contributed by atoms with Crippen LogP contribution in [0.4, 0.5) is 0 Å². The monoisotopic (exact) mass is 660 g/mol. The standard InChI is InChI=1S/C47H40N4/c1-30-22-33-23-31(2)27-47(26-30,28-33)41-19-21-43-40(25-41)17-16-39-24-38(18-20-42(39)43)34-12-14-37(15-13-34)46-50-44(35-6-4-3-5-7-35)49-45(51-46)36-10-8-32(29-48)9-11-36/h3-21,24-25,30-31,33H,22-23,26-28H2,1-2H3/t30-,31+,33-,47?. The molecule has 4 heteroatoms. The lowest BCUT2D eigenvalue weighted by atomic mass is 9.54. The van der Waals surface area contributed by atoms with Crippen molar-refractivity contribution in [2.24, 2.45) is 17.8 Å². The Labute approximate surface area is 299 Å². The second kappa shape index (κ2) is 12.6. The first-order chi connectivity index (χ1) is 24.9. The molecule has 9 rings (SSSR count). The van der Waals surface area contributed by atoms with Gasteiger partial charge in [0.2, 0.25) is 0 Å². The van der Waals surface area contributed by atoms with Crippen molar-refractivity contribution in [3.8, 4) is 51.4 Å². The SMILES string of the molecule is C[C@@H]1C[C@@H]2C[C@H](C)CC(c3ccc4c(ccc5cc(-c6ccc(-c7nc(-c8ccccc8)nc(-c8ccc(C#N)cc8)n7)cc6)ccc54)c3)(C1)C2. The van der Waals surface area contributed by atoms with Crippen LogP contribution in [0.3, 0.4) is 0 Å². The summed E-state index contributed by atoms with van der Waals surface area (Å²) in [6.45, 7) is 4.95. The van der Waals surface area contributed by atoms with E-state index in [2.05, 4.69) is 92.7 Å². The van der Waals surface area contributed by atoms with Crippen LogP contribution < -0.4 is 0 Å². The van der Waals surface area contributed by atoms with Gasteiger partial charge in [0, 0.05) is 16.7 Å². The van der Waals surface area contributed by atoms with E-state index in [4.69, 9.17) is 15.0 Å². The molecule has 6 aromatic carbocycles. The Morgan fingerprint density at radius 1 is 0.529 bits per heavy atom. The Kier molecular flexibility index (Phi) is 7.73. The van der Waals surface area contributed by atoms with Crippen molar-refractivity contribution < 1.29 is 0 Å². The van der Waals surface area contributed by atoms with Gasteiger partial charge in [-0.2, -0.15) is 5.26 Å². The summed E-state index contributed by atoms with van der Waals surface area (Å²) in [6.07, 6.45) is 6.83. The fourth-order valence-corrected chi connectivity index (χ4v) is 9.49. The van der Waals surface area contributed by atoms with Crippen molar-refractivity contribution in [1.29, 1.82) is 5.26 Å². The van der Waals surface area contributed by atoms with Crippen LogP contribution in [0.15, 0.2) is 127 Å². The molecule has 1 unspecified atom stereocenters. The van der Waals surface area contributed by atoms with Crippen molar-refractivity contribution in [1.82, 2.24) is 15.0 Å². The van der Waals surface area contributed by atoms with Gasteiger partial charge in [-0.25, -0.2) is 15.0 Å². The quantitative estimate of drug-likeness (QED) is 0.172. The summed E-state index contributed by atoms with van der Waals surface area (Å²) in [6, 6.07) is 46.9. The van der Waals surface area contributed by atoms with Gasteiger partial charge in [0.15, 0.2) is 17.5 Å². The lowest BCUT2D eigenvalue weighted by molar-refractivity contribution is 0.0781. The molecule has 2 bridgehead atoms. The van der Waals surface area contributed by atoms with Gasteiger partial charge in [-0.1, -0.05) is 111 Å². The maximum atomic E-state index is 9.28. The second-order valence-corrected chi connectivity index (χ2v) is 15.3. The minimum absolute atomic E-state index is 0.342. The van der Waals surface area contributed by atoms with Gasteiger partial charge in [0.05, 0.1) is 11.6 Å². The third-order valence-corrected chi connectivity index (χ3v) is 11.5. The minimum atomic E-state index is 0.342. The third kappa shape index (κ3) is 5.87. The van der Waals surface area contributed by atoms with E-state index in [0.29, 0.717) is 28.5 Å². The van der Waals surface area contributed by atoms with Gasteiger partial charge in [-0.15, -0.1) is 0 Å². The van der Waals surface area contributed by atoms with Crippen LogP contribution in [0.5, 0.6) is 0 Å². The second-order valence-electron chi connectivity index (χ2n) is 15.3. The molecule has 7 aromatic rings. The first kappa shape index (κ1) is 31.3. The number of hydrogen-bond donors (Lipinski definition) is 0. The van der Waals surface area contributed by atoms with Crippen LogP contribution in [-0.4, -0.2) is 15.0 Å². The van der Waals surface area contributed by atoms with Gasteiger partial charge in [0.1, 0.15) is 0 Å². The predicted octanol–water partition coefficient (Wildman–Crippen LogP) is 11.8. The molecule has 0 amide bonds. The summed E-state index contributed by atoms with van der Waals surface area (Å²) in [4.78, 5) is 14.6. The first-order valence-electron chi connectivity index (χ1n) is 18.3. The topological polar surface area (TPSA) is 62.5 Å². The maximum absolute atomic E-state index is 9.28. The predicted molar refractivity (Wildman–Crippen MR) is 208 cm³/mol. The average Bonchev–Trinajstić information content (AvgIpc) is 3.17. The Morgan fingerprint density at radius 3 is 1.65 bits per heavy atom. The van der Waals surface area contributed by atoms with E-state index in [9.17, 15) is 5.26 Å². The number of nitrogens with zero attached hydrogens (tertiary/aromatic N) is 4. The zero-order valence-electron chi connectivity index (χ0n) is 29.2. The van der Waals surface area contributed by atoms with Crippen molar-refractivity contribution >= 4 is 21.5 Å². The molecule has 4 nitrogen and oxygen atoms in total. The average molecular weight is 661 g/mol. The van der Waals surface area contributed by atoms with Crippen LogP contribution >= 0.6 is 0 Å². The smallest absolute Gasteiger partial charge is 0.164 e. The summed E-state index contributed by atoms with van der Waals surface area (Å²) < 4.78 is 0. The van der Waals surface area contributed by atoms with E-state index < -0.39 is 0 Å². The Bertz CT molecular complexity index is 2420. The van der Waals surface area contributed by atoms with E-state index in [1.165, 1.54) is 59.2 Å². The van der Waals surface area contributed by atoms with Crippen molar-refractivity contribution in [2.45, 2.75) is 51.4 Å². The molecule has 1 aromatic heterocycles. The van der Waals surface area contributed by atoms with Crippen LogP contribution in [0.1, 0.15) is 57.1 Å². The van der Waals surface area contributed by atoms with Gasteiger partial charge < -0.3 is 0 Å². The zero-order chi connectivity index (χ0) is 34.5. The number of benzene rings is 6. The van der Waals surface area contributed by atoms with Crippen LogP contribution in [0.25, 0.3) is 66.8 Å². The molecule has 0 aliphatic heterocycles. The van der Waals surface area contributed by atoms with Gasteiger partial charge >= 0.3 is 0 Å². The molecule has 2 saturated carbocycles. The molecule has 4 atom stereocenters. The third-order valence-electron chi connectivity index (χ3n) is 11.5. The van der Waals surface area contributed by atoms with Crippen LogP contribution in [-0.2, 0) is 5.41 Å². The lowest BCUT2D eigenvalue weighted by Crippen LogP contribution is -2.42. The highest BCUT2D eigenvalue weighted by Gasteiger charge is 2.45.